The van der Waals surface area contributed by atoms with E-state index in [1.807, 2.05) is 39.0 Å². The van der Waals surface area contributed by atoms with Crippen LogP contribution in [0, 0.1) is 12.7 Å². The number of nitrogens with one attached hydrogen (secondary N) is 1. The number of pyridine rings is 2. The Kier molecular flexibility index (Phi) is 7.86. The van der Waals surface area contributed by atoms with Crippen LogP contribution in [0.2, 0.25) is 0 Å². The molecule has 1 aliphatic carbocycles. The van der Waals surface area contributed by atoms with E-state index in [0.29, 0.717) is 22.8 Å². The van der Waals surface area contributed by atoms with Crippen molar-refractivity contribution in [1.29, 1.82) is 0 Å². The molecule has 0 fully saturated rings. The fourth-order valence-electron chi connectivity index (χ4n) is 3.16. The summed E-state index contributed by atoms with van der Waals surface area (Å²) in [4.78, 5) is 21.0. The van der Waals surface area contributed by atoms with Crippen molar-refractivity contribution in [3.63, 3.8) is 0 Å². The van der Waals surface area contributed by atoms with Crippen LogP contribution in [0.25, 0.3) is 5.57 Å². The van der Waals surface area contributed by atoms with Crippen molar-refractivity contribution in [2.24, 2.45) is 0 Å². The van der Waals surface area contributed by atoms with Crippen LogP contribution in [-0.2, 0) is 6.54 Å². The standard InChI is InChI=1S/C24H20FN3O2.C2H6.H2/c1-16-21(24(29)28-15-19-10-9-18(25)14-27-19)7-4-8-23(16)30-20-11-12-26-22(13-20)17-5-2-3-6-17;1-2;/h2,4-14H,3,15H2,1H3,(H,28,29);1-2H3;1H. The van der Waals surface area contributed by atoms with Gasteiger partial charge >= 0.3 is 0 Å². The van der Waals surface area contributed by atoms with Crippen molar-refractivity contribution >= 4 is 11.5 Å². The first-order valence-corrected chi connectivity index (χ1v) is 10.6. The molecule has 2 aromatic heterocycles. The number of carbonyl (C=O) groups excluding carboxylic acids is 1. The van der Waals surface area contributed by atoms with E-state index in [0.717, 1.165) is 29.4 Å². The van der Waals surface area contributed by atoms with Gasteiger partial charge in [0, 0.05) is 24.8 Å². The van der Waals surface area contributed by atoms with E-state index in [1.165, 1.54) is 12.1 Å². The average molecular weight is 434 g/mol. The Balaban J connectivity index is 0.00000125. The van der Waals surface area contributed by atoms with Crippen molar-refractivity contribution in [3.05, 3.63) is 101 Å². The number of amides is 1. The SMILES string of the molecule is CC.Cc1c(Oc2ccnc(C3=CCC=C3)c2)cccc1C(=O)NCc1ccc(F)cn1.[HH]. The first-order valence-electron chi connectivity index (χ1n) is 10.6. The van der Waals surface area contributed by atoms with E-state index < -0.39 is 5.82 Å². The summed E-state index contributed by atoms with van der Waals surface area (Å²) in [5.74, 6) is 0.582. The van der Waals surface area contributed by atoms with E-state index in [-0.39, 0.29) is 13.9 Å². The van der Waals surface area contributed by atoms with Gasteiger partial charge in [-0.1, -0.05) is 38.1 Å². The van der Waals surface area contributed by atoms with Crippen LogP contribution in [0.5, 0.6) is 11.5 Å². The fraction of sp³-hybridized carbons (Fsp3) is 0.192. The van der Waals surface area contributed by atoms with Gasteiger partial charge in [0.15, 0.2) is 0 Å². The highest BCUT2D eigenvalue weighted by Crippen LogP contribution is 2.29. The van der Waals surface area contributed by atoms with Crippen LogP contribution >= 0.6 is 0 Å². The van der Waals surface area contributed by atoms with Crippen molar-refractivity contribution in [2.75, 3.05) is 0 Å². The van der Waals surface area contributed by atoms with Crippen LogP contribution < -0.4 is 10.1 Å². The maximum atomic E-state index is 13.0. The molecule has 0 spiro atoms. The normalized spacial score (nSPS) is 11.9. The summed E-state index contributed by atoms with van der Waals surface area (Å²) in [5.41, 5.74) is 3.72. The smallest absolute Gasteiger partial charge is 0.252 e. The monoisotopic (exact) mass is 433 g/mol. The summed E-state index contributed by atoms with van der Waals surface area (Å²) in [5, 5.41) is 2.81. The van der Waals surface area contributed by atoms with Crippen LogP contribution in [0.4, 0.5) is 4.39 Å². The lowest BCUT2D eigenvalue weighted by Crippen LogP contribution is -2.24. The van der Waals surface area contributed by atoms with Crippen molar-refractivity contribution in [1.82, 2.24) is 15.3 Å². The molecular weight excluding hydrogens is 405 g/mol. The molecule has 0 saturated heterocycles. The molecule has 1 aliphatic rings. The van der Waals surface area contributed by atoms with E-state index in [1.54, 1.807) is 24.4 Å². The number of rotatable bonds is 6. The molecule has 32 heavy (non-hydrogen) atoms. The summed E-state index contributed by atoms with van der Waals surface area (Å²) in [6, 6.07) is 11.9. The molecule has 1 N–H and O–H groups in total. The van der Waals surface area contributed by atoms with Crippen molar-refractivity contribution < 1.29 is 15.3 Å². The van der Waals surface area contributed by atoms with Gasteiger partial charge in [0.05, 0.1) is 24.1 Å². The molecule has 1 amide bonds. The molecule has 2 heterocycles. The van der Waals surface area contributed by atoms with Crippen LogP contribution in [0.3, 0.4) is 0 Å². The number of nitrogens with zero attached hydrogens (tertiary/aromatic N) is 2. The van der Waals surface area contributed by atoms with E-state index in [2.05, 4.69) is 27.4 Å². The predicted molar refractivity (Wildman–Crippen MR) is 126 cm³/mol. The molecule has 0 radical (unpaired) electrons. The summed E-state index contributed by atoms with van der Waals surface area (Å²) in [6.07, 6.45) is 9.97. The number of allylic oxidation sites excluding steroid dienone is 4. The van der Waals surface area contributed by atoms with Gasteiger partial charge in [-0.25, -0.2) is 4.39 Å². The van der Waals surface area contributed by atoms with Gasteiger partial charge in [0.1, 0.15) is 17.3 Å². The largest absolute Gasteiger partial charge is 0.457 e. The highest BCUT2D eigenvalue weighted by Gasteiger charge is 2.14. The fourth-order valence-corrected chi connectivity index (χ4v) is 3.16. The van der Waals surface area contributed by atoms with Gasteiger partial charge in [-0.15, -0.1) is 0 Å². The van der Waals surface area contributed by atoms with E-state index in [9.17, 15) is 9.18 Å². The molecule has 166 valence electrons. The predicted octanol–water partition coefficient (Wildman–Crippen LogP) is 6.26. The Morgan fingerprint density at radius 1 is 1.19 bits per heavy atom. The third-order valence-electron chi connectivity index (χ3n) is 4.77. The van der Waals surface area contributed by atoms with Crippen molar-refractivity contribution in [2.45, 2.75) is 33.7 Å². The summed E-state index contributed by atoms with van der Waals surface area (Å²) in [7, 11) is 0. The molecule has 0 atom stereocenters. The second kappa shape index (κ2) is 11.0. The number of hydrogen-bond donors (Lipinski definition) is 1. The minimum atomic E-state index is -0.412. The summed E-state index contributed by atoms with van der Waals surface area (Å²) < 4.78 is 19.0. The second-order valence-corrected chi connectivity index (χ2v) is 6.86. The van der Waals surface area contributed by atoms with E-state index in [4.69, 9.17) is 4.74 Å². The molecule has 0 unspecified atom stereocenters. The third-order valence-corrected chi connectivity index (χ3v) is 4.77. The average Bonchev–Trinajstić information content (AvgIpc) is 3.37. The minimum Gasteiger partial charge on any atom is -0.457 e. The molecular formula is C26H28FN3O2. The zero-order valence-electron chi connectivity index (χ0n) is 18.4. The number of benzene rings is 1. The van der Waals surface area contributed by atoms with Crippen LogP contribution in [-0.4, -0.2) is 15.9 Å². The molecule has 0 bridgehead atoms. The Morgan fingerprint density at radius 3 is 2.75 bits per heavy atom. The molecule has 5 nitrogen and oxygen atoms in total. The Bertz CT molecular complexity index is 1140. The zero-order chi connectivity index (χ0) is 22.9. The topological polar surface area (TPSA) is 64.1 Å². The summed E-state index contributed by atoms with van der Waals surface area (Å²) >= 11 is 0. The highest BCUT2D eigenvalue weighted by molar-refractivity contribution is 5.96. The van der Waals surface area contributed by atoms with Crippen LogP contribution in [0.1, 0.15) is 49.0 Å². The number of ether oxygens (including phenoxy) is 1. The minimum absolute atomic E-state index is 0. The molecule has 3 aromatic rings. The van der Waals surface area contributed by atoms with E-state index >= 15 is 0 Å². The second-order valence-electron chi connectivity index (χ2n) is 6.86. The first-order chi connectivity index (χ1) is 15.6. The van der Waals surface area contributed by atoms with Gasteiger partial charge in [-0.05, 0) is 49.2 Å². The van der Waals surface area contributed by atoms with Crippen molar-refractivity contribution in [3.8, 4) is 11.5 Å². The molecule has 0 saturated carbocycles. The summed E-state index contributed by atoms with van der Waals surface area (Å²) in [6.45, 7) is 6.05. The lowest BCUT2D eigenvalue weighted by molar-refractivity contribution is 0.0949. The lowest BCUT2D eigenvalue weighted by atomic mass is 10.1. The Hall–Kier alpha value is -3.80. The number of carbonyl (C=O) groups is 1. The zero-order valence-corrected chi connectivity index (χ0v) is 18.4. The maximum Gasteiger partial charge on any atom is 0.252 e. The Labute approximate surface area is 189 Å². The number of halogens is 1. The van der Waals surface area contributed by atoms with Gasteiger partial charge in [0.2, 0.25) is 0 Å². The maximum absolute atomic E-state index is 13.0. The first kappa shape index (κ1) is 22.9. The van der Waals surface area contributed by atoms with Gasteiger partial charge in [0.25, 0.3) is 5.91 Å². The molecule has 4 rings (SSSR count). The lowest BCUT2D eigenvalue weighted by Gasteiger charge is -2.13. The van der Waals surface area contributed by atoms with Gasteiger partial charge in [-0.3, -0.25) is 14.8 Å². The number of hydrogen-bond acceptors (Lipinski definition) is 4. The van der Waals surface area contributed by atoms with Crippen LogP contribution in [0.15, 0.2) is 73.1 Å². The molecule has 0 aliphatic heterocycles. The van der Waals surface area contributed by atoms with Gasteiger partial charge < -0.3 is 10.1 Å². The third kappa shape index (κ3) is 5.66. The molecule has 6 heteroatoms. The van der Waals surface area contributed by atoms with Gasteiger partial charge in [-0.2, -0.15) is 0 Å². The number of aromatic nitrogens is 2. The quantitative estimate of drug-likeness (QED) is 0.498. The molecule has 1 aromatic carbocycles. The Morgan fingerprint density at radius 2 is 2.03 bits per heavy atom. The highest BCUT2D eigenvalue weighted by atomic mass is 19.1.